The molecule has 1 aromatic carbocycles. The van der Waals surface area contributed by atoms with Gasteiger partial charge in [0.1, 0.15) is 0 Å². The van der Waals surface area contributed by atoms with Crippen molar-refractivity contribution in [1.82, 2.24) is 10.2 Å². The molecular weight excluding hydrogens is 260 g/mol. The van der Waals surface area contributed by atoms with Gasteiger partial charge in [-0.25, -0.2) is 0 Å². The highest BCUT2D eigenvalue weighted by Crippen LogP contribution is 2.16. The van der Waals surface area contributed by atoms with E-state index in [1.54, 1.807) is 0 Å². The minimum atomic E-state index is 0.601. The molecular formula is C18H30N2O. The van der Waals surface area contributed by atoms with Crippen molar-refractivity contribution in [1.29, 1.82) is 0 Å². The van der Waals surface area contributed by atoms with Crippen LogP contribution in [0.1, 0.15) is 43.7 Å². The number of likely N-dealkylation sites (N-methyl/N-ethyl adjacent to an activating group) is 1. The van der Waals surface area contributed by atoms with Gasteiger partial charge in [-0.1, -0.05) is 37.6 Å². The Bertz CT molecular complexity index is 408. The lowest BCUT2D eigenvalue weighted by Gasteiger charge is -2.32. The molecule has 1 aromatic rings. The number of rotatable bonds is 8. The second-order valence-corrected chi connectivity index (χ2v) is 6.09. The molecule has 1 saturated heterocycles. The largest absolute Gasteiger partial charge is 0.375 e. The maximum absolute atomic E-state index is 6.01. The van der Waals surface area contributed by atoms with Crippen LogP contribution in [0, 0.1) is 0 Å². The fourth-order valence-electron chi connectivity index (χ4n) is 2.93. The molecule has 1 heterocycles. The van der Waals surface area contributed by atoms with Crippen LogP contribution in [0.5, 0.6) is 0 Å². The Morgan fingerprint density at radius 2 is 2.05 bits per heavy atom. The summed E-state index contributed by atoms with van der Waals surface area (Å²) in [5, 5.41) is 3.47. The SMILES string of the molecule is CCCNCc1ccccc1COCC1CCCCN1C. The van der Waals surface area contributed by atoms with Crippen LogP contribution in [-0.2, 0) is 17.9 Å². The van der Waals surface area contributed by atoms with Crippen LogP contribution in [0.2, 0.25) is 0 Å². The highest BCUT2D eigenvalue weighted by Gasteiger charge is 2.18. The number of piperidine rings is 1. The molecule has 1 fully saturated rings. The summed E-state index contributed by atoms with van der Waals surface area (Å²) in [6.07, 6.45) is 5.12. The van der Waals surface area contributed by atoms with E-state index in [1.165, 1.54) is 43.4 Å². The fourth-order valence-corrected chi connectivity index (χ4v) is 2.93. The standard InChI is InChI=1S/C18H30N2O/c1-3-11-19-13-16-8-4-5-9-17(16)14-21-15-18-10-6-7-12-20(18)2/h4-5,8-9,18-19H,3,6-7,10-15H2,1-2H3. The highest BCUT2D eigenvalue weighted by molar-refractivity contribution is 5.26. The second-order valence-electron chi connectivity index (χ2n) is 6.09. The van der Waals surface area contributed by atoms with Crippen molar-refractivity contribution >= 4 is 0 Å². The molecule has 0 aromatic heterocycles. The summed E-state index contributed by atoms with van der Waals surface area (Å²) in [5.74, 6) is 0. The molecule has 0 bridgehead atoms. The normalized spacial score (nSPS) is 19.8. The van der Waals surface area contributed by atoms with E-state index < -0.39 is 0 Å². The van der Waals surface area contributed by atoms with Gasteiger partial charge in [-0.05, 0) is 50.5 Å². The number of hydrogen-bond donors (Lipinski definition) is 1. The first-order chi connectivity index (χ1) is 10.3. The van der Waals surface area contributed by atoms with Crippen LogP contribution < -0.4 is 5.32 Å². The van der Waals surface area contributed by atoms with E-state index in [1.807, 2.05) is 0 Å². The Morgan fingerprint density at radius 3 is 2.81 bits per heavy atom. The van der Waals surface area contributed by atoms with Crippen LogP contribution >= 0.6 is 0 Å². The number of nitrogens with zero attached hydrogens (tertiary/aromatic N) is 1. The van der Waals surface area contributed by atoms with Crippen molar-refractivity contribution in [3.63, 3.8) is 0 Å². The molecule has 1 aliphatic rings. The van der Waals surface area contributed by atoms with Crippen LogP contribution in [0.25, 0.3) is 0 Å². The molecule has 0 spiro atoms. The minimum Gasteiger partial charge on any atom is -0.375 e. The first-order valence-electron chi connectivity index (χ1n) is 8.36. The number of likely N-dealkylation sites (tertiary alicyclic amines) is 1. The quantitative estimate of drug-likeness (QED) is 0.744. The second kappa shape index (κ2) is 9.19. The van der Waals surface area contributed by atoms with Crippen molar-refractivity contribution in [3.05, 3.63) is 35.4 Å². The Hall–Kier alpha value is -0.900. The zero-order chi connectivity index (χ0) is 14.9. The van der Waals surface area contributed by atoms with E-state index in [9.17, 15) is 0 Å². The third-order valence-corrected chi connectivity index (χ3v) is 4.35. The van der Waals surface area contributed by atoms with Gasteiger partial charge >= 0.3 is 0 Å². The molecule has 1 N–H and O–H groups in total. The summed E-state index contributed by atoms with van der Waals surface area (Å²) in [6.45, 7) is 7.01. The van der Waals surface area contributed by atoms with E-state index in [2.05, 4.69) is 48.5 Å². The number of ether oxygens (including phenoxy) is 1. The maximum Gasteiger partial charge on any atom is 0.0720 e. The molecule has 2 rings (SSSR count). The van der Waals surface area contributed by atoms with Crippen molar-refractivity contribution in [2.45, 2.75) is 51.8 Å². The predicted molar refractivity (Wildman–Crippen MR) is 88.4 cm³/mol. The lowest BCUT2D eigenvalue weighted by Crippen LogP contribution is -2.39. The molecule has 0 aliphatic carbocycles. The number of nitrogens with one attached hydrogen (secondary N) is 1. The van der Waals surface area contributed by atoms with Crippen molar-refractivity contribution in [2.75, 3.05) is 26.7 Å². The summed E-state index contributed by atoms with van der Waals surface area (Å²) >= 11 is 0. The molecule has 0 amide bonds. The Kier molecular flexibility index (Phi) is 7.20. The lowest BCUT2D eigenvalue weighted by molar-refractivity contribution is 0.0441. The molecule has 21 heavy (non-hydrogen) atoms. The molecule has 3 nitrogen and oxygen atoms in total. The zero-order valence-electron chi connectivity index (χ0n) is 13.6. The van der Waals surface area contributed by atoms with Crippen LogP contribution in [0.15, 0.2) is 24.3 Å². The fraction of sp³-hybridized carbons (Fsp3) is 0.667. The summed E-state index contributed by atoms with van der Waals surface area (Å²) in [5.41, 5.74) is 2.68. The van der Waals surface area contributed by atoms with Crippen LogP contribution in [0.4, 0.5) is 0 Å². The molecule has 1 unspecified atom stereocenters. The van der Waals surface area contributed by atoms with Gasteiger partial charge < -0.3 is 15.0 Å². The van der Waals surface area contributed by atoms with E-state index in [0.717, 1.165) is 26.3 Å². The van der Waals surface area contributed by atoms with Gasteiger partial charge in [0, 0.05) is 12.6 Å². The zero-order valence-corrected chi connectivity index (χ0v) is 13.6. The first kappa shape index (κ1) is 16.5. The Morgan fingerprint density at radius 1 is 1.24 bits per heavy atom. The van der Waals surface area contributed by atoms with Crippen molar-refractivity contribution in [2.24, 2.45) is 0 Å². The summed E-state index contributed by atoms with van der Waals surface area (Å²) in [6, 6.07) is 9.21. The summed E-state index contributed by atoms with van der Waals surface area (Å²) in [7, 11) is 2.22. The summed E-state index contributed by atoms with van der Waals surface area (Å²) in [4.78, 5) is 2.44. The van der Waals surface area contributed by atoms with Crippen molar-refractivity contribution in [3.8, 4) is 0 Å². The Labute approximate surface area is 129 Å². The van der Waals surface area contributed by atoms with Gasteiger partial charge in [0.25, 0.3) is 0 Å². The summed E-state index contributed by atoms with van der Waals surface area (Å²) < 4.78 is 6.01. The van der Waals surface area contributed by atoms with Crippen LogP contribution in [-0.4, -0.2) is 37.7 Å². The molecule has 0 radical (unpaired) electrons. The van der Waals surface area contributed by atoms with Gasteiger partial charge in [-0.15, -0.1) is 0 Å². The monoisotopic (exact) mass is 290 g/mol. The van der Waals surface area contributed by atoms with Crippen LogP contribution in [0.3, 0.4) is 0 Å². The molecule has 1 atom stereocenters. The van der Waals surface area contributed by atoms with E-state index in [0.29, 0.717) is 6.04 Å². The average molecular weight is 290 g/mol. The number of benzene rings is 1. The third kappa shape index (κ3) is 5.42. The average Bonchev–Trinajstić information content (AvgIpc) is 2.51. The maximum atomic E-state index is 6.01. The van der Waals surface area contributed by atoms with E-state index >= 15 is 0 Å². The van der Waals surface area contributed by atoms with Gasteiger partial charge in [0.05, 0.1) is 13.2 Å². The van der Waals surface area contributed by atoms with Gasteiger partial charge in [-0.3, -0.25) is 0 Å². The van der Waals surface area contributed by atoms with E-state index in [-0.39, 0.29) is 0 Å². The molecule has 1 aliphatic heterocycles. The number of hydrogen-bond acceptors (Lipinski definition) is 3. The minimum absolute atomic E-state index is 0.601. The third-order valence-electron chi connectivity index (χ3n) is 4.35. The topological polar surface area (TPSA) is 24.5 Å². The van der Waals surface area contributed by atoms with Crippen molar-refractivity contribution < 1.29 is 4.74 Å². The van der Waals surface area contributed by atoms with Gasteiger partial charge in [-0.2, -0.15) is 0 Å². The highest BCUT2D eigenvalue weighted by atomic mass is 16.5. The lowest BCUT2D eigenvalue weighted by atomic mass is 10.0. The molecule has 118 valence electrons. The smallest absolute Gasteiger partial charge is 0.0720 e. The predicted octanol–water partition coefficient (Wildman–Crippen LogP) is 3.19. The molecule has 0 saturated carbocycles. The van der Waals surface area contributed by atoms with E-state index in [4.69, 9.17) is 4.74 Å². The molecule has 3 heteroatoms. The van der Waals surface area contributed by atoms with Gasteiger partial charge in [0.15, 0.2) is 0 Å². The Balaban J connectivity index is 1.79. The first-order valence-corrected chi connectivity index (χ1v) is 8.36. The van der Waals surface area contributed by atoms with Gasteiger partial charge in [0.2, 0.25) is 0 Å².